The summed E-state index contributed by atoms with van der Waals surface area (Å²) < 4.78 is 0. The summed E-state index contributed by atoms with van der Waals surface area (Å²) in [4.78, 5) is 3.11. The molecule has 2 aromatic rings. The van der Waals surface area contributed by atoms with Crippen LogP contribution >= 0.6 is 11.6 Å². The molecule has 2 nitrogen and oxygen atoms in total. The van der Waals surface area contributed by atoms with E-state index >= 15 is 0 Å². The summed E-state index contributed by atoms with van der Waals surface area (Å²) in [6, 6.07) is 9.81. The fourth-order valence-electron chi connectivity index (χ4n) is 1.36. The van der Waals surface area contributed by atoms with E-state index in [4.69, 9.17) is 11.6 Å². The number of halogens is 1. The maximum atomic E-state index is 9.47. The highest BCUT2D eigenvalue weighted by molar-refractivity contribution is 6.18. The highest BCUT2D eigenvalue weighted by atomic mass is 35.5. The van der Waals surface area contributed by atoms with Gasteiger partial charge in [-0.25, -0.2) is 0 Å². The molecule has 1 aromatic heterocycles. The maximum Gasteiger partial charge on any atom is 0.107 e. The topological polar surface area (TPSA) is 36.0 Å². The standard InChI is InChI=1S/C10H10ClNO/c11-6-10(13)9-5-7-3-1-2-4-8(7)12-9/h1-5,10,12-13H,6H2. The number of hydrogen-bond donors (Lipinski definition) is 2. The summed E-state index contributed by atoms with van der Waals surface area (Å²) in [5.41, 5.74) is 1.80. The first-order valence-electron chi connectivity index (χ1n) is 4.13. The minimum atomic E-state index is -0.603. The predicted molar refractivity (Wildman–Crippen MR) is 54.0 cm³/mol. The lowest BCUT2D eigenvalue weighted by molar-refractivity contribution is 0.198. The number of rotatable bonds is 2. The first-order chi connectivity index (χ1) is 6.31. The molecule has 0 aliphatic heterocycles. The van der Waals surface area contributed by atoms with Gasteiger partial charge in [0.25, 0.3) is 0 Å². The van der Waals surface area contributed by atoms with Gasteiger partial charge in [-0.3, -0.25) is 0 Å². The van der Waals surface area contributed by atoms with Crippen LogP contribution in [-0.2, 0) is 0 Å². The molecule has 0 aliphatic rings. The van der Waals surface area contributed by atoms with Crippen molar-refractivity contribution in [3.8, 4) is 0 Å². The van der Waals surface area contributed by atoms with Crippen LogP contribution in [0.4, 0.5) is 0 Å². The molecule has 2 N–H and O–H groups in total. The molecule has 3 heteroatoms. The number of aromatic amines is 1. The largest absolute Gasteiger partial charge is 0.386 e. The zero-order valence-electron chi connectivity index (χ0n) is 7.00. The summed E-state index contributed by atoms with van der Waals surface area (Å²) in [7, 11) is 0. The molecule has 1 unspecified atom stereocenters. The van der Waals surface area contributed by atoms with E-state index in [9.17, 15) is 5.11 Å². The van der Waals surface area contributed by atoms with Gasteiger partial charge in [-0.2, -0.15) is 0 Å². The van der Waals surface area contributed by atoms with Crippen LogP contribution < -0.4 is 0 Å². The Morgan fingerprint density at radius 1 is 1.38 bits per heavy atom. The summed E-state index contributed by atoms with van der Waals surface area (Å²) in [5, 5.41) is 10.6. The fourth-order valence-corrected chi connectivity index (χ4v) is 1.52. The second-order valence-electron chi connectivity index (χ2n) is 2.98. The molecule has 2 rings (SSSR count). The Bertz CT molecular complexity index is 377. The quantitative estimate of drug-likeness (QED) is 0.710. The second kappa shape index (κ2) is 3.40. The zero-order valence-corrected chi connectivity index (χ0v) is 7.75. The number of para-hydroxylation sites is 1. The normalized spacial score (nSPS) is 13.4. The zero-order chi connectivity index (χ0) is 9.26. The van der Waals surface area contributed by atoms with Crippen molar-refractivity contribution >= 4 is 22.5 Å². The van der Waals surface area contributed by atoms with Crippen LogP contribution in [0.5, 0.6) is 0 Å². The van der Waals surface area contributed by atoms with Crippen molar-refractivity contribution in [2.75, 3.05) is 5.88 Å². The van der Waals surface area contributed by atoms with Crippen LogP contribution in [0, 0.1) is 0 Å². The highest BCUT2D eigenvalue weighted by Crippen LogP contribution is 2.20. The Kier molecular flexibility index (Phi) is 2.25. The first-order valence-corrected chi connectivity index (χ1v) is 4.66. The molecule has 0 radical (unpaired) electrons. The molecule has 0 saturated carbocycles. The van der Waals surface area contributed by atoms with Gasteiger partial charge in [-0.1, -0.05) is 18.2 Å². The number of hydrogen-bond acceptors (Lipinski definition) is 1. The molecule has 0 saturated heterocycles. The molecule has 0 bridgehead atoms. The number of nitrogens with one attached hydrogen (secondary N) is 1. The molecule has 0 aliphatic carbocycles. The smallest absolute Gasteiger partial charge is 0.107 e. The van der Waals surface area contributed by atoms with Gasteiger partial charge in [0.15, 0.2) is 0 Å². The SMILES string of the molecule is OC(CCl)c1cc2ccccc2[nH]1. The van der Waals surface area contributed by atoms with E-state index in [0.717, 1.165) is 16.6 Å². The van der Waals surface area contributed by atoms with Crippen LogP contribution in [0.15, 0.2) is 30.3 Å². The van der Waals surface area contributed by atoms with Gasteiger partial charge in [-0.05, 0) is 17.5 Å². The van der Waals surface area contributed by atoms with Gasteiger partial charge in [0.2, 0.25) is 0 Å². The van der Waals surface area contributed by atoms with Crippen LogP contribution in [0.2, 0.25) is 0 Å². The number of alkyl halides is 1. The van der Waals surface area contributed by atoms with Crippen molar-refractivity contribution in [2.45, 2.75) is 6.10 Å². The van der Waals surface area contributed by atoms with Crippen molar-refractivity contribution in [3.05, 3.63) is 36.0 Å². The van der Waals surface area contributed by atoms with Crippen molar-refractivity contribution < 1.29 is 5.11 Å². The minimum Gasteiger partial charge on any atom is -0.386 e. The first kappa shape index (κ1) is 8.60. The molecule has 0 spiro atoms. The number of aliphatic hydroxyl groups excluding tert-OH is 1. The molecule has 0 fully saturated rings. The molecule has 1 heterocycles. The summed E-state index contributed by atoms with van der Waals surface area (Å²) in [5.74, 6) is 0.215. The predicted octanol–water partition coefficient (Wildman–Crippen LogP) is 2.44. The molecular weight excluding hydrogens is 186 g/mol. The van der Waals surface area contributed by atoms with Gasteiger partial charge < -0.3 is 10.1 Å². The van der Waals surface area contributed by atoms with Gasteiger partial charge >= 0.3 is 0 Å². The average molecular weight is 196 g/mol. The highest BCUT2D eigenvalue weighted by Gasteiger charge is 2.08. The van der Waals surface area contributed by atoms with Crippen molar-refractivity contribution in [3.63, 3.8) is 0 Å². The fraction of sp³-hybridized carbons (Fsp3) is 0.200. The Labute approximate surface area is 81.1 Å². The number of H-pyrrole nitrogens is 1. The molecule has 0 amide bonds. The summed E-state index contributed by atoms with van der Waals surface area (Å²) in [6.45, 7) is 0. The number of aliphatic hydroxyl groups is 1. The van der Waals surface area contributed by atoms with Crippen LogP contribution in [0.1, 0.15) is 11.8 Å². The van der Waals surface area contributed by atoms with Gasteiger partial charge in [0.1, 0.15) is 6.10 Å². The third kappa shape index (κ3) is 1.55. The Morgan fingerprint density at radius 2 is 2.15 bits per heavy atom. The summed E-state index contributed by atoms with van der Waals surface area (Å²) in [6.07, 6.45) is -0.603. The van der Waals surface area contributed by atoms with Crippen molar-refractivity contribution in [2.24, 2.45) is 0 Å². The Hall–Kier alpha value is -0.990. The molecular formula is C10H10ClNO. The van der Waals surface area contributed by atoms with Crippen LogP contribution in [0.3, 0.4) is 0 Å². The lowest BCUT2D eigenvalue weighted by Crippen LogP contribution is -1.97. The molecule has 1 atom stereocenters. The number of aromatic nitrogens is 1. The van der Waals surface area contributed by atoms with E-state index in [1.807, 2.05) is 30.3 Å². The third-order valence-electron chi connectivity index (χ3n) is 2.06. The molecule has 68 valence electrons. The van der Waals surface area contributed by atoms with Crippen LogP contribution in [-0.4, -0.2) is 16.0 Å². The van der Waals surface area contributed by atoms with E-state index in [1.54, 1.807) is 0 Å². The number of fused-ring (bicyclic) bond motifs is 1. The summed E-state index contributed by atoms with van der Waals surface area (Å²) >= 11 is 5.54. The Morgan fingerprint density at radius 3 is 2.85 bits per heavy atom. The van der Waals surface area contributed by atoms with Gasteiger partial charge in [0.05, 0.1) is 5.88 Å². The molecule has 1 aromatic carbocycles. The van der Waals surface area contributed by atoms with E-state index in [2.05, 4.69) is 4.98 Å². The van der Waals surface area contributed by atoms with E-state index in [0.29, 0.717) is 0 Å². The van der Waals surface area contributed by atoms with E-state index in [1.165, 1.54) is 0 Å². The van der Waals surface area contributed by atoms with E-state index in [-0.39, 0.29) is 5.88 Å². The van der Waals surface area contributed by atoms with Gasteiger partial charge in [0, 0.05) is 11.2 Å². The lowest BCUT2D eigenvalue weighted by Gasteiger charge is -2.01. The maximum absolute atomic E-state index is 9.47. The molecule has 13 heavy (non-hydrogen) atoms. The second-order valence-corrected chi connectivity index (χ2v) is 3.29. The Balaban J connectivity index is 2.49. The van der Waals surface area contributed by atoms with Crippen molar-refractivity contribution in [1.29, 1.82) is 0 Å². The van der Waals surface area contributed by atoms with E-state index < -0.39 is 6.10 Å². The third-order valence-corrected chi connectivity index (χ3v) is 2.35. The lowest BCUT2D eigenvalue weighted by atomic mass is 10.2. The number of benzene rings is 1. The van der Waals surface area contributed by atoms with Crippen LogP contribution in [0.25, 0.3) is 10.9 Å². The average Bonchev–Trinajstić information content (AvgIpc) is 2.59. The van der Waals surface area contributed by atoms with Crippen molar-refractivity contribution in [1.82, 2.24) is 4.98 Å². The van der Waals surface area contributed by atoms with Gasteiger partial charge in [-0.15, -0.1) is 11.6 Å². The monoisotopic (exact) mass is 195 g/mol. The minimum absolute atomic E-state index is 0.215.